The predicted molar refractivity (Wildman–Crippen MR) is 292 cm³/mol. The minimum Gasteiger partial charge on any atom is -0.466 e. The van der Waals surface area contributed by atoms with E-state index in [0.29, 0.717) is 19.4 Å². The van der Waals surface area contributed by atoms with Crippen LogP contribution in [0.1, 0.15) is 316 Å². The predicted octanol–water partition coefficient (Wildman–Crippen LogP) is 18.4. The summed E-state index contributed by atoms with van der Waals surface area (Å²) in [6.07, 6.45) is 70.2. The molecule has 0 aliphatic carbocycles. The van der Waals surface area contributed by atoms with Crippen molar-refractivity contribution in [1.82, 2.24) is 5.32 Å². The van der Waals surface area contributed by atoms with Crippen molar-refractivity contribution in [1.29, 1.82) is 0 Å². The molecule has 1 amide bonds. The van der Waals surface area contributed by atoms with E-state index in [1.54, 1.807) is 6.08 Å². The molecule has 394 valence electrons. The van der Waals surface area contributed by atoms with Crippen LogP contribution >= 0.6 is 0 Å². The van der Waals surface area contributed by atoms with E-state index >= 15 is 0 Å². The molecule has 0 fully saturated rings. The summed E-state index contributed by atoms with van der Waals surface area (Å²) in [5.74, 6) is -0.0782. The van der Waals surface area contributed by atoms with Gasteiger partial charge < -0.3 is 20.3 Å². The van der Waals surface area contributed by atoms with Crippen LogP contribution in [-0.2, 0) is 14.3 Å². The first kappa shape index (κ1) is 65.1. The van der Waals surface area contributed by atoms with Gasteiger partial charge in [0.15, 0.2) is 0 Å². The number of esters is 1. The van der Waals surface area contributed by atoms with E-state index in [1.807, 2.05) is 6.08 Å². The number of amides is 1. The number of allylic oxidation sites excluding steroid dienone is 5. The largest absolute Gasteiger partial charge is 0.466 e. The molecule has 0 spiro atoms. The number of nitrogens with one attached hydrogen (secondary N) is 1. The molecular weight excluding hydrogens is 827 g/mol. The van der Waals surface area contributed by atoms with Crippen LogP contribution in [-0.4, -0.2) is 47.4 Å². The SMILES string of the molecule is CCCCCC/C=C\C/C=C\CCCCCCCC(=O)OCCCCCCCCCCCCCCCCCCCCC(=O)NC(CO)C(O)/C=C/CCCCCCCCCCCCCCCC. The molecule has 0 rings (SSSR count). The van der Waals surface area contributed by atoms with Crippen molar-refractivity contribution >= 4 is 11.9 Å². The highest BCUT2D eigenvalue weighted by atomic mass is 16.5. The first-order valence-corrected chi connectivity index (χ1v) is 29.8. The van der Waals surface area contributed by atoms with Crippen molar-refractivity contribution in [2.75, 3.05) is 13.2 Å². The standard InChI is InChI=1S/C61H115NO5/c1-3-5-7-9-11-13-15-17-19-25-29-33-37-41-45-49-53-59(64)58(57-63)62-60(65)54-50-46-42-38-34-30-26-23-21-22-24-28-32-36-40-44-48-52-56-67-61(66)55-51-47-43-39-35-31-27-20-18-16-14-12-10-8-6-4-2/h14,16,20,27,49,53,58-59,63-64H,3-13,15,17-19,21-26,28-48,50-52,54-57H2,1-2H3,(H,62,65)/b16-14-,27-20-,53-49+. The molecule has 6 nitrogen and oxygen atoms in total. The molecule has 3 N–H and O–H groups in total. The van der Waals surface area contributed by atoms with E-state index in [9.17, 15) is 19.8 Å². The molecule has 0 saturated heterocycles. The minimum atomic E-state index is -0.848. The van der Waals surface area contributed by atoms with Gasteiger partial charge in [-0.2, -0.15) is 0 Å². The number of aliphatic hydroxyl groups is 2. The second kappa shape index (κ2) is 56.7. The van der Waals surface area contributed by atoms with Gasteiger partial charge in [-0.05, 0) is 64.2 Å². The average molecular weight is 943 g/mol. The van der Waals surface area contributed by atoms with Gasteiger partial charge in [-0.3, -0.25) is 9.59 Å². The molecule has 6 heteroatoms. The number of rotatable bonds is 55. The fourth-order valence-corrected chi connectivity index (χ4v) is 9.08. The fourth-order valence-electron chi connectivity index (χ4n) is 9.08. The summed E-state index contributed by atoms with van der Waals surface area (Å²) in [6, 6.07) is -0.631. The molecule has 0 aromatic heterocycles. The Morgan fingerprint density at radius 3 is 1.15 bits per heavy atom. The van der Waals surface area contributed by atoms with E-state index in [0.717, 1.165) is 51.4 Å². The molecular formula is C61H115NO5. The van der Waals surface area contributed by atoms with Gasteiger partial charge in [-0.1, -0.05) is 275 Å². The van der Waals surface area contributed by atoms with Crippen LogP contribution in [0.3, 0.4) is 0 Å². The van der Waals surface area contributed by atoms with E-state index in [1.165, 1.54) is 238 Å². The Morgan fingerprint density at radius 1 is 0.418 bits per heavy atom. The lowest BCUT2D eigenvalue weighted by Gasteiger charge is -2.20. The number of ether oxygens (including phenoxy) is 1. The molecule has 0 saturated carbocycles. The summed E-state index contributed by atoms with van der Waals surface area (Å²) in [4.78, 5) is 24.5. The van der Waals surface area contributed by atoms with Crippen LogP contribution in [0.4, 0.5) is 0 Å². The Balaban J connectivity index is 3.44. The first-order valence-electron chi connectivity index (χ1n) is 29.8. The lowest BCUT2D eigenvalue weighted by molar-refractivity contribution is -0.143. The number of unbranched alkanes of at least 4 members (excludes halogenated alkanes) is 40. The summed E-state index contributed by atoms with van der Waals surface area (Å²) in [6.45, 7) is 4.88. The average Bonchev–Trinajstić information content (AvgIpc) is 3.33. The molecule has 0 aliphatic heterocycles. The van der Waals surface area contributed by atoms with Gasteiger partial charge in [-0.15, -0.1) is 0 Å². The maximum absolute atomic E-state index is 12.5. The van der Waals surface area contributed by atoms with E-state index in [2.05, 4.69) is 43.5 Å². The number of hydrogen-bond acceptors (Lipinski definition) is 5. The number of carbonyl (C=O) groups is 2. The first-order chi connectivity index (χ1) is 33.0. The summed E-state index contributed by atoms with van der Waals surface area (Å²) in [5.41, 5.74) is 0. The van der Waals surface area contributed by atoms with E-state index < -0.39 is 12.1 Å². The summed E-state index contributed by atoms with van der Waals surface area (Å²) >= 11 is 0. The Labute approximate surface area is 417 Å². The topological polar surface area (TPSA) is 95.9 Å². The van der Waals surface area contributed by atoms with Crippen LogP contribution < -0.4 is 5.32 Å². The van der Waals surface area contributed by atoms with Gasteiger partial charge in [0.25, 0.3) is 0 Å². The molecule has 67 heavy (non-hydrogen) atoms. The maximum Gasteiger partial charge on any atom is 0.305 e. The second-order valence-corrected chi connectivity index (χ2v) is 20.3. The van der Waals surface area contributed by atoms with Crippen molar-refractivity contribution in [3.63, 3.8) is 0 Å². The highest BCUT2D eigenvalue weighted by Crippen LogP contribution is 2.17. The Kier molecular flexibility index (Phi) is 55.0. The third kappa shape index (κ3) is 53.3. The lowest BCUT2D eigenvalue weighted by atomic mass is 10.0. The Morgan fingerprint density at radius 2 is 0.746 bits per heavy atom. The highest BCUT2D eigenvalue weighted by Gasteiger charge is 2.18. The molecule has 0 heterocycles. The van der Waals surface area contributed by atoms with E-state index in [4.69, 9.17) is 4.74 Å². The van der Waals surface area contributed by atoms with Gasteiger partial charge >= 0.3 is 5.97 Å². The quantitative estimate of drug-likeness (QED) is 0.0321. The lowest BCUT2D eigenvalue weighted by Crippen LogP contribution is -2.45. The molecule has 0 aromatic rings. The third-order valence-corrected chi connectivity index (χ3v) is 13.7. The van der Waals surface area contributed by atoms with Crippen molar-refractivity contribution in [2.45, 2.75) is 328 Å². The van der Waals surface area contributed by atoms with Crippen LogP contribution in [0.25, 0.3) is 0 Å². The van der Waals surface area contributed by atoms with Crippen molar-refractivity contribution < 1.29 is 24.5 Å². The van der Waals surface area contributed by atoms with Crippen LogP contribution in [0, 0.1) is 0 Å². The van der Waals surface area contributed by atoms with Gasteiger partial charge in [0.1, 0.15) is 0 Å². The molecule has 0 aliphatic rings. The van der Waals surface area contributed by atoms with Gasteiger partial charge in [0.05, 0.1) is 25.4 Å². The summed E-state index contributed by atoms with van der Waals surface area (Å²) in [5, 5.41) is 23.1. The summed E-state index contributed by atoms with van der Waals surface area (Å²) in [7, 11) is 0. The van der Waals surface area contributed by atoms with Gasteiger partial charge in [0, 0.05) is 12.8 Å². The van der Waals surface area contributed by atoms with Crippen LogP contribution in [0.2, 0.25) is 0 Å². The zero-order valence-electron chi connectivity index (χ0n) is 44.9. The number of hydrogen-bond donors (Lipinski definition) is 3. The monoisotopic (exact) mass is 942 g/mol. The van der Waals surface area contributed by atoms with Crippen molar-refractivity contribution in [3.05, 3.63) is 36.5 Å². The van der Waals surface area contributed by atoms with Crippen molar-refractivity contribution in [3.8, 4) is 0 Å². The Bertz CT molecular complexity index is 1090. The molecule has 2 unspecified atom stereocenters. The van der Waals surface area contributed by atoms with Crippen LogP contribution in [0.5, 0.6) is 0 Å². The smallest absolute Gasteiger partial charge is 0.305 e. The summed E-state index contributed by atoms with van der Waals surface area (Å²) < 4.78 is 5.48. The molecule has 2 atom stereocenters. The molecule has 0 bridgehead atoms. The number of carbonyl (C=O) groups excluding carboxylic acids is 2. The van der Waals surface area contributed by atoms with Crippen molar-refractivity contribution in [2.24, 2.45) is 0 Å². The fraction of sp³-hybridized carbons (Fsp3) is 0.869. The van der Waals surface area contributed by atoms with E-state index in [-0.39, 0.29) is 18.5 Å². The maximum atomic E-state index is 12.5. The minimum absolute atomic E-state index is 0.00699. The zero-order chi connectivity index (χ0) is 48.6. The zero-order valence-corrected chi connectivity index (χ0v) is 44.9. The van der Waals surface area contributed by atoms with Gasteiger partial charge in [-0.25, -0.2) is 0 Å². The normalized spacial score (nSPS) is 12.8. The highest BCUT2D eigenvalue weighted by molar-refractivity contribution is 5.76. The second-order valence-electron chi connectivity index (χ2n) is 20.3. The van der Waals surface area contributed by atoms with Gasteiger partial charge in [0.2, 0.25) is 5.91 Å². The Hall–Kier alpha value is -1.92. The molecule has 0 radical (unpaired) electrons. The molecule has 0 aromatic carbocycles. The van der Waals surface area contributed by atoms with Crippen LogP contribution in [0.15, 0.2) is 36.5 Å². The third-order valence-electron chi connectivity index (χ3n) is 13.7. The number of aliphatic hydroxyl groups excluding tert-OH is 2.